The fourth-order valence-electron chi connectivity index (χ4n) is 2.76. The molecule has 0 spiro atoms. The zero-order chi connectivity index (χ0) is 19.4. The van der Waals surface area contributed by atoms with Crippen molar-refractivity contribution in [1.29, 1.82) is 0 Å². The number of ketones is 1. The van der Waals surface area contributed by atoms with Crippen LogP contribution >= 0.6 is 0 Å². The lowest BCUT2D eigenvalue weighted by molar-refractivity contribution is -0.141. The highest BCUT2D eigenvalue weighted by atomic mass is 19.1. The van der Waals surface area contributed by atoms with Crippen molar-refractivity contribution in [3.63, 3.8) is 0 Å². The zero-order valence-corrected chi connectivity index (χ0v) is 15.7. The van der Waals surface area contributed by atoms with Gasteiger partial charge in [-0.1, -0.05) is 6.07 Å². The Balaban J connectivity index is 2.01. The van der Waals surface area contributed by atoms with Crippen LogP contribution in [0.1, 0.15) is 38.2 Å². The Labute approximate surface area is 152 Å². The van der Waals surface area contributed by atoms with Crippen molar-refractivity contribution < 1.29 is 23.5 Å². The Morgan fingerprint density at radius 2 is 1.69 bits per heavy atom. The molecule has 0 aliphatic rings. The summed E-state index contributed by atoms with van der Waals surface area (Å²) < 4.78 is 23.6. The molecule has 2 rings (SSSR count). The van der Waals surface area contributed by atoms with E-state index in [9.17, 15) is 14.0 Å². The molecule has 0 fully saturated rings. The number of esters is 1. The first kappa shape index (κ1) is 19.6. The topological polar surface area (TPSA) is 52.6 Å². The molecule has 0 unspecified atom stereocenters. The van der Waals surface area contributed by atoms with Gasteiger partial charge in [-0.2, -0.15) is 0 Å². The summed E-state index contributed by atoms with van der Waals surface area (Å²) in [5.74, 6) is -1.27. The molecule has 0 amide bonds. The van der Waals surface area contributed by atoms with E-state index in [1.807, 2.05) is 33.8 Å². The lowest BCUT2D eigenvalue weighted by atomic mass is 9.93. The van der Waals surface area contributed by atoms with Crippen LogP contribution in [-0.4, -0.2) is 25.5 Å². The fourth-order valence-corrected chi connectivity index (χ4v) is 2.76. The number of halogens is 1. The highest BCUT2D eigenvalue weighted by Gasteiger charge is 2.16. The lowest BCUT2D eigenvalue weighted by Gasteiger charge is -2.13. The Kier molecular flexibility index (Phi) is 6.14. The molecule has 0 aromatic heterocycles. The molecule has 4 nitrogen and oxygen atoms in total. The smallest absolute Gasteiger partial charge is 0.310 e. The number of benzene rings is 2. The first-order valence-corrected chi connectivity index (χ1v) is 8.33. The molecule has 0 aliphatic heterocycles. The molecular weight excluding hydrogens is 335 g/mol. The van der Waals surface area contributed by atoms with Gasteiger partial charge in [-0.05, 0) is 73.7 Å². The van der Waals surface area contributed by atoms with Gasteiger partial charge in [0.2, 0.25) is 5.78 Å². The molecule has 2 aromatic rings. The monoisotopic (exact) mass is 358 g/mol. The molecule has 5 heteroatoms. The summed E-state index contributed by atoms with van der Waals surface area (Å²) >= 11 is 0. The van der Waals surface area contributed by atoms with E-state index >= 15 is 0 Å². The van der Waals surface area contributed by atoms with Gasteiger partial charge in [0.1, 0.15) is 0 Å². The predicted molar refractivity (Wildman–Crippen MR) is 97.3 cm³/mol. The Hall–Kier alpha value is -2.69. The van der Waals surface area contributed by atoms with Crippen LogP contribution in [0.4, 0.5) is 4.39 Å². The number of carbonyl (C=O) groups is 2. The van der Waals surface area contributed by atoms with E-state index in [4.69, 9.17) is 9.47 Å². The van der Waals surface area contributed by atoms with E-state index in [1.165, 1.54) is 19.2 Å². The molecule has 0 bridgehead atoms. The second-order valence-electron chi connectivity index (χ2n) is 6.35. The summed E-state index contributed by atoms with van der Waals surface area (Å²) in [4.78, 5) is 24.4. The van der Waals surface area contributed by atoms with E-state index < -0.39 is 11.8 Å². The number of carbonyl (C=O) groups excluding carboxylic acids is 2. The summed E-state index contributed by atoms with van der Waals surface area (Å²) in [7, 11) is 1.37. The maximum absolute atomic E-state index is 13.7. The highest BCUT2D eigenvalue weighted by Crippen LogP contribution is 2.22. The fraction of sp³-hybridized carbons (Fsp3) is 0.333. The number of aryl methyl sites for hydroxylation is 1. The number of rotatable bonds is 6. The molecule has 0 atom stereocenters. The third-order valence-corrected chi connectivity index (χ3v) is 4.71. The standard InChI is InChI=1S/C21H23FO4/c1-12-8-17(15(4)14(3)13(12)2)19(23)11-26-21(24)10-16-6-7-20(25-5)18(22)9-16/h6-9H,10-11H2,1-5H3. The van der Waals surface area contributed by atoms with Crippen molar-refractivity contribution in [2.24, 2.45) is 0 Å². The normalized spacial score (nSPS) is 10.5. The molecule has 0 heterocycles. The Morgan fingerprint density at radius 3 is 2.31 bits per heavy atom. The van der Waals surface area contributed by atoms with Crippen molar-refractivity contribution >= 4 is 11.8 Å². The van der Waals surface area contributed by atoms with Gasteiger partial charge in [-0.15, -0.1) is 0 Å². The maximum Gasteiger partial charge on any atom is 0.310 e. The predicted octanol–water partition coefficient (Wildman–Crippen LogP) is 4.04. The van der Waals surface area contributed by atoms with Crippen LogP contribution < -0.4 is 4.74 Å². The van der Waals surface area contributed by atoms with Crippen LogP contribution in [0.25, 0.3) is 0 Å². The van der Waals surface area contributed by atoms with Gasteiger partial charge in [-0.3, -0.25) is 9.59 Å². The molecule has 2 aromatic carbocycles. The van der Waals surface area contributed by atoms with Crippen LogP contribution in [0, 0.1) is 33.5 Å². The third-order valence-electron chi connectivity index (χ3n) is 4.71. The minimum Gasteiger partial charge on any atom is -0.494 e. The van der Waals surface area contributed by atoms with E-state index in [-0.39, 0.29) is 24.6 Å². The zero-order valence-electron chi connectivity index (χ0n) is 15.7. The van der Waals surface area contributed by atoms with Crippen LogP contribution in [-0.2, 0) is 16.0 Å². The summed E-state index contributed by atoms with van der Waals surface area (Å²) in [6, 6.07) is 6.08. The van der Waals surface area contributed by atoms with E-state index in [1.54, 1.807) is 6.07 Å². The van der Waals surface area contributed by atoms with Crippen molar-refractivity contribution in [1.82, 2.24) is 0 Å². The van der Waals surface area contributed by atoms with Gasteiger partial charge >= 0.3 is 5.97 Å². The molecule has 138 valence electrons. The largest absolute Gasteiger partial charge is 0.494 e. The first-order valence-electron chi connectivity index (χ1n) is 8.33. The average molecular weight is 358 g/mol. The van der Waals surface area contributed by atoms with Gasteiger partial charge < -0.3 is 9.47 Å². The van der Waals surface area contributed by atoms with Crippen molar-refractivity contribution in [3.8, 4) is 5.75 Å². The van der Waals surface area contributed by atoms with E-state index in [0.717, 1.165) is 22.3 Å². The Morgan fingerprint density at radius 1 is 1.00 bits per heavy atom. The van der Waals surface area contributed by atoms with Crippen molar-refractivity contribution in [3.05, 3.63) is 63.5 Å². The molecule has 0 saturated carbocycles. The van der Waals surface area contributed by atoms with Gasteiger partial charge in [0.15, 0.2) is 18.2 Å². The van der Waals surface area contributed by atoms with Crippen LogP contribution in [0.2, 0.25) is 0 Å². The Bertz CT molecular complexity index is 856. The molecule has 0 saturated heterocycles. The molecule has 0 radical (unpaired) electrons. The van der Waals surface area contributed by atoms with E-state index in [2.05, 4.69) is 0 Å². The molecular formula is C21H23FO4. The summed E-state index contributed by atoms with van der Waals surface area (Å²) in [6.45, 7) is 7.48. The maximum atomic E-state index is 13.7. The first-order chi connectivity index (χ1) is 12.2. The van der Waals surface area contributed by atoms with Crippen LogP contribution in [0.15, 0.2) is 24.3 Å². The molecule has 0 N–H and O–H groups in total. The van der Waals surface area contributed by atoms with Gasteiger partial charge in [0.05, 0.1) is 13.5 Å². The summed E-state index contributed by atoms with van der Waals surface area (Å²) in [5.41, 5.74) is 5.15. The van der Waals surface area contributed by atoms with Crippen molar-refractivity contribution in [2.75, 3.05) is 13.7 Å². The minimum atomic E-state index is -0.582. The number of methoxy groups -OCH3 is 1. The average Bonchev–Trinajstić information content (AvgIpc) is 2.61. The molecule has 26 heavy (non-hydrogen) atoms. The summed E-state index contributed by atoms with van der Waals surface area (Å²) in [6.07, 6.45) is -0.112. The van der Waals surface area contributed by atoms with Gasteiger partial charge in [0, 0.05) is 5.56 Å². The second kappa shape index (κ2) is 8.13. The number of Topliss-reactive ketones (excluding diaryl/α,β-unsaturated/α-hetero) is 1. The van der Waals surface area contributed by atoms with Gasteiger partial charge in [-0.25, -0.2) is 4.39 Å². The number of hydrogen-bond donors (Lipinski definition) is 0. The second-order valence-corrected chi connectivity index (χ2v) is 6.35. The highest BCUT2D eigenvalue weighted by molar-refractivity contribution is 5.99. The SMILES string of the molecule is COc1ccc(CC(=O)OCC(=O)c2cc(C)c(C)c(C)c2C)cc1F. The number of ether oxygens (including phenoxy) is 2. The van der Waals surface area contributed by atoms with Crippen LogP contribution in [0.5, 0.6) is 5.75 Å². The van der Waals surface area contributed by atoms with Crippen LogP contribution in [0.3, 0.4) is 0 Å². The van der Waals surface area contributed by atoms with E-state index in [0.29, 0.717) is 11.1 Å². The molecule has 0 aliphatic carbocycles. The third kappa shape index (κ3) is 4.28. The minimum absolute atomic E-state index is 0.109. The quantitative estimate of drug-likeness (QED) is 0.578. The van der Waals surface area contributed by atoms with Crippen molar-refractivity contribution in [2.45, 2.75) is 34.1 Å². The summed E-state index contributed by atoms with van der Waals surface area (Å²) in [5, 5.41) is 0. The lowest BCUT2D eigenvalue weighted by Crippen LogP contribution is -2.17. The number of hydrogen-bond acceptors (Lipinski definition) is 4. The van der Waals surface area contributed by atoms with Gasteiger partial charge in [0.25, 0.3) is 0 Å².